The van der Waals surface area contributed by atoms with Gasteiger partial charge in [-0.2, -0.15) is 0 Å². The summed E-state index contributed by atoms with van der Waals surface area (Å²) < 4.78 is 5.53. The maximum Gasteiger partial charge on any atom is 0.0897 e. The Hall–Kier alpha value is -0.460. The Kier molecular flexibility index (Phi) is 5.07. The van der Waals surface area contributed by atoms with Gasteiger partial charge in [0.1, 0.15) is 0 Å². The first-order chi connectivity index (χ1) is 9.81. The summed E-state index contributed by atoms with van der Waals surface area (Å²) in [6, 6.07) is 5.48. The van der Waals surface area contributed by atoms with Crippen LogP contribution in [0.4, 0.5) is 0 Å². The second kappa shape index (κ2) is 7.00. The maximum absolute atomic E-state index is 9.93. The summed E-state index contributed by atoms with van der Waals surface area (Å²) in [5.41, 5.74) is 0. The van der Waals surface area contributed by atoms with E-state index < -0.39 is 6.10 Å². The molecule has 1 aliphatic carbocycles. The summed E-state index contributed by atoms with van der Waals surface area (Å²) in [6.07, 6.45) is 3.56. The van der Waals surface area contributed by atoms with Crippen molar-refractivity contribution in [2.75, 3.05) is 26.2 Å². The van der Waals surface area contributed by atoms with Gasteiger partial charge in [-0.1, -0.05) is 6.07 Å². The summed E-state index contributed by atoms with van der Waals surface area (Å²) in [5, 5.41) is 15.4. The molecule has 2 unspecified atom stereocenters. The number of nitrogens with one attached hydrogen (secondary N) is 1. The smallest absolute Gasteiger partial charge is 0.0897 e. The standard InChI is InChI=1S/C15H24N2O2S/c18-14(10-19-11-15-2-1-7-20-15)8-16-12-5-6-17(9-12)13-3-4-13/h1-2,7,12-14,16,18H,3-6,8-11H2. The fraction of sp³-hybridized carbons (Fsp3) is 0.733. The van der Waals surface area contributed by atoms with E-state index in [0.717, 1.165) is 12.6 Å². The van der Waals surface area contributed by atoms with E-state index in [4.69, 9.17) is 4.74 Å². The number of aliphatic hydroxyl groups is 1. The normalized spacial score (nSPS) is 25.1. The Labute approximate surface area is 124 Å². The number of aliphatic hydroxyl groups excluding tert-OH is 1. The third kappa shape index (κ3) is 4.27. The highest BCUT2D eigenvalue weighted by molar-refractivity contribution is 7.09. The van der Waals surface area contributed by atoms with E-state index in [0.29, 0.717) is 25.8 Å². The van der Waals surface area contributed by atoms with Gasteiger partial charge >= 0.3 is 0 Å². The average Bonchev–Trinajstić information content (AvgIpc) is 2.98. The molecule has 0 radical (unpaired) electrons. The van der Waals surface area contributed by atoms with Crippen molar-refractivity contribution in [3.8, 4) is 0 Å². The number of thiophene rings is 1. The van der Waals surface area contributed by atoms with Crippen LogP contribution >= 0.6 is 11.3 Å². The second-order valence-electron chi connectivity index (χ2n) is 5.87. The molecular formula is C15H24N2O2S. The first-order valence-corrected chi connectivity index (χ1v) is 8.45. The minimum Gasteiger partial charge on any atom is -0.389 e. The van der Waals surface area contributed by atoms with Crippen molar-refractivity contribution < 1.29 is 9.84 Å². The third-order valence-electron chi connectivity index (χ3n) is 4.06. The van der Waals surface area contributed by atoms with Gasteiger partial charge in [-0.15, -0.1) is 11.3 Å². The van der Waals surface area contributed by atoms with Crippen molar-refractivity contribution in [2.24, 2.45) is 0 Å². The molecule has 5 heteroatoms. The SMILES string of the molecule is OC(CNC1CCN(C2CC2)C1)COCc1cccs1. The van der Waals surface area contributed by atoms with Crippen molar-refractivity contribution in [3.63, 3.8) is 0 Å². The van der Waals surface area contributed by atoms with Gasteiger partial charge in [-0.05, 0) is 30.7 Å². The minimum absolute atomic E-state index is 0.407. The van der Waals surface area contributed by atoms with E-state index >= 15 is 0 Å². The van der Waals surface area contributed by atoms with Crippen LogP contribution in [-0.2, 0) is 11.3 Å². The molecule has 112 valence electrons. The Morgan fingerprint density at radius 3 is 3.10 bits per heavy atom. The zero-order valence-electron chi connectivity index (χ0n) is 11.8. The van der Waals surface area contributed by atoms with E-state index in [1.54, 1.807) is 11.3 Å². The maximum atomic E-state index is 9.93. The van der Waals surface area contributed by atoms with E-state index in [-0.39, 0.29) is 0 Å². The lowest BCUT2D eigenvalue weighted by molar-refractivity contribution is 0.0287. The van der Waals surface area contributed by atoms with Crippen molar-refractivity contribution in [1.82, 2.24) is 10.2 Å². The molecule has 2 heterocycles. The van der Waals surface area contributed by atoms with Crippen molar-refractivity contribution in [2.45, 2.75) is 44.1 Å². The molecule has 2 aliphatic rings. The third-order valence-corrected chi connectivity index (χ3v) is 4.91. The molecule has 1 aromatic rings. The van der Waals surface area contributed by atoms with Crippen molar-refractivity contribution >= 4 is 11.3 Å². The number of nitrogens with zero attached hydrogens (tertiary/aromatic N) is 1. The molecule has 20 heavy (non-hydrogen) atoms. The molecule has 3 rings (SSSR count). The van der Waals surface area contributed by atoms with Crippen LogP contribution in [0.5, 0.6) is 0 Å². The van der Waals surface area contributed by atoms with Crippen LogP contribution < -0.4 is 5.32 Å². The number of hydrogen-bond donors (Lipinski definition) is 2. The Balaban J connectivity index is 1.26. The summed E-state index contributed by atoms with van der Waals surface area (Å²) >= 11 is 1.69. The topological polar surface area (TPSA) is 44.7 Å². The molecular weight excluding hydrogens is 272 g/mol. The van der Waals surface area contributed by atoms with Crippen LogP contribution in [-0.4, -0.2) is 54.4 Å². The van der Waals surface area contributed by atoms with Crippen LogP contribution in [0.25, 0.3) is 0 Å². The van der Waals surface area contributed by atoms with Gasteiger partial charge in [0.15, 0.2) is 0 Å². The van der Waals surface area contributed by atoms with Gasteiger partial charge in [-0.3, -0.25) is 4.90 Å². The summed E-state index contributed by atoms with van der Waals surface area (Å²) in [7, 11) is 0. The highest BCUT2D eigenvalue weighted by atomic mass is 32.1. The zero-order chi connectivity index (χ0) is 13.8. The van der Waals surface area contributed by atoms with E-state index in [1.165, 1.54) is 30.7 Å². The fourth-order valence-electron chi connectivity index (χ4n) is 2.78. The summed E-state index contributed by atoms with van der Waals surface area (Å²) in [6.45, 7) is 4.01. The lowest BCUT2D eigenvalue weighted by Gasteiger charge is -2.18. The predicted octanol–water partition coefficient (Wildman–Crippen LogP) is 1.45. The zero-order valence-corrected chi connectivity index (χ0v) is 12.6. The van der Waals surface area contributed by atoms with E-state index in [9.17, 15) is 5.11 Å². The van der Waals surface area contributed by atoms with Crippen molar-refractivity contribution in [1.29, 1.82) is 0 Å². The summed E-state index contributed by atoms with van der Waals surface area (Å²) in [4.78, 5) is 3.79. The molecule has 2 N–H and O–H groups in total. The van der Waals surface area contributed by atoms with Crippen LogP contribution in [0.3, 0.4) is 0 Å². The molecule has 4 nitrogen and oxygen atoms in total. The highest BCUT2D eigenvalue weighted by Gasteiger charge is 2.34. The lowest BCUT2D eigenvalue weighted by Crippen LogP contribution is -2.39. The van der Waals surface area contributed by atoms with Gasteiger partial charge in [0.05, 0.1) is 19.3 Å². The Morgan fingerprint density at radius 1 is 1.45 bits per heavy atom. The number of rotatable bonds is 8. The van der Waals surface area contributed by atoms with Crippen LogP contribution in [0.15, 0.2) is 17.5 Å². The molecule has 0 spiro atoms. The molecule has 1 saturated heterocycles. The van der Waals surface area contributed by atoms with Gasteiger partial charge in [0, 0.05) is 36.6 Å². The lowest BCUT2D eigenvalue weighted by atomic mass is 10.2. The van der Waals surface area contributed by atoms with E-state index in [2.05, 4.69) is 16.3 Å². The van der Waals surface area contributed by atoms with Gasteiger partial charge in [0.2, 0.25) is 0 Å². The molecule has 1 aliphatic heterocycles. The quantitative estimate of drug-likeness (QED) is 0.762. The second-order valence-corrected chi connectivity index (χ2v) is 6.90. The fourth-order valence-corrected chi connectivity index (χ4v) is 3.42. The number of likely N-dealkylation sites (tertiary alicyclic amines) is 1. The van der Waals surface area contributed by atoms with E-state index in [1.807, 2.05) is 11.4 Å². The first-order valence-electron chi connectivity index (χ1n) is 7.57. The predicted molar refractivity (Wildman–Crippen MR) is 81.0 cm³/mol. The number of ether oxygens (including phenoxy) is 1. The highest BCUT2D eigenvalue weighted by Crippen LogP contribution is 2.29. The van der Waals surface area contributed by atoms with Crippen LogP contribution in [0.2, 0.25) is 0 Å². The Morgan fingerprint density at radius 2 is 2.35 bits per heavy atom. The van der Waals surface area contributed by atoms with Gasteiger partial charge < -0.3 is 15.2 Å². The molecule has 0 aromatic carbocycles. The molecule has 1 aromatic heterocycles. The average molecular weight is 296 g/mol. The van der Waals surface area contributed by atoms with Crippen LogP contribution in [0, 0.1) is 0 Å². The first kappa shape index (κ1) is 14.5. The summed E-state index contributed by atoms with van der Waals surface area (Å²) in [5.74, 6) is 0. The Bertz CT molecular complexity index is 395. The van der Waals surface area contributed by atoms with Gasteiger partial charge in [-0.25, -0.2) is 0 Å². The molecule has 0 amide bonds. The molecule has 2 atom stereocenters. The van der Waals surface area contributed by atoms with Crippen molar-refractivity contribution in [3.05, 3.63) is 22.4 Å². The molecule has 2 fully saturated rings. The largest absolute Gasteiger partial charge is 0.389 e. The molecule has 0 bridgehead atoms. The molecule has 1 saturated carbocycles. The van der Waals surface area contributed by atoms with Crippen LogP contribution in [0.1, 0.15) is 24.1 Å². The monoisotopic (exact) mass is 296 g/mol. The minimum atomic E-state index is -0.412. The number of hydrogen-bond acceptors (Lipinski definition) is 5. The van der Waals surface area contributed by atoms with Gasteiger partial charge in [0.25, 0.3) is 0 Å².